The predicted molar refractivity (Wildman–Crippen MR) is 326 cm³/mol. The van der Waals surface area contributed by atoms with Gasteiger partial charge >= 0.3 is 45.0 Å². The summed E-state index contributed by atoms with van der Waals surface area (Å²) >= 11 is 0. The minimum Gasteiger partial charge on any atom is -0.507 e. The van der Waals surface area contributed by atoms with Gasteiger partial charge in [0.1, 0.15) is 47.4 Å². The molecule has 2 amide bonds. The summed E-state index contributed by atoms with van der Waals surface area (Å²) < 4.78 is 65.4. The average molecular weight is 1310 g/mol. The number of esters is 3. The molecule has 27 nitrogen and oxygen atoms in total. The van der Waals surface area contributed by atoms with Crippen molar-refractivity contribution < 1.29 is 106 Å². The Labute approximate surface area is 524 Å². The van der Waals surface area contributed by atoms with Crippen molar-refractivity contribution in [2.24, 2.45) is 34.6 Å². The first-order chi connectivity index (χ1) is 42.1. The molecule has 1 spiro atoms. The summed E-state index contributed by atoms with van der Waals surface area (Å²) in [5.74, 6) is -10.8. The van der Waals surface area contributed by atoms with E-state index in [4.69, 9.17) is 38.2 Å². The van der Waals surface area contributed by atoms with Crippen LogP contribution >= 0.6 is 15.2 Å². The highest BCUT2D eigenvalue weighted by Crippen LogP contribution is 2.62. The van der Waals surface area contributed by atoms with Crippen LogP contribution in [-0.4, -0.2) is 193 Å². The number of ether oxygens (including phenoxy) is 7. The lowest BCUT2D eigenvalue weighted by Gasteiger charge is -2.43. The van der Waals surface area contributed by atoms with Crippen LogP contribution in [0.4, 0.5) is 4.79 Å². The van der Waals surface area contributed by atoms with Gasteiger partial charge in [0, 0.05) is 107 Å². The number of hydrogen-bond donors (Lipinski definition) is 7. The number of methoxy groups -OCH3 is 2. The van der Waals surface area contributed by atoms with Gasteiger partial charge in [-0.1, -0.05) is 73.1 Å². The number of likely N-dealkylation sites (tertiary alicyclic amines) is 1. The highest BCUT2D eigenvalue weighted by Gasteiger charge is 2.58. The van der Waals surface area contributed by atoms with Crippen LogP contribution in [0.2, 0.25) is 0 Å². The number of allylic oxidation sites excluding steroid dienone is 4. The van der Waals surface area contributed by atoms with Gasteiger partial charge in [-0.25, -0.2) is 9.69 Å². The molecule has 6 aliphatic rings. The quantitative estimate of drug-likeness (QED) is 0.0354. The van der Waals surface area contributed by atoms with Gasteiger partial charge in [0.2, 0.25) is 5.78 Å². The van der Waals surface area contributed by atoms with Crippen molar-refractivity contribution in [3.8, 4) is 11.5 Å². The number of benzene rings is 1. The zero-order valence-electron chi connectivity index (χ0n) is 53.5. The number of aliphatic imine (C=N–C) groups is 1. The summed E-state index contributed by atoms with van der Waals surface area (Å²) in [5.41, 5.74) is -2.86. The van der Waals surface area contributed by atoms with Crippen LogP contribution in [0.25, 0.3) is 0 Å². The minimum absolute atomic E-state index is 0.000615. The number of nitrogens with one attached hydrogen (secondary N) is 1. The van der Waals surface area contributed by atoms with Gasteiger partial charge in [-0.2, -0.15) is 0 Å². The molecule has 0 radical (unpaired) electrons. The third kappa shape index (κ3) is 16.4. The van der Waals surface area contributed by atoms with E-state index in [0.29, 0.717) is 25.4 Å². The second kappa shape index (κ2) is 30.1. The predicted octanol–water partition coefficient (Wildman–Crippen LogP) is 6.14. The van der Waals surface area contributed by atoms with Crippen LogP contribution in [0.1, 0.15) is 146 Å². The Balaban J connectivity index is 1.46. The number of fused-ring (bicyclic) bond motifs is 13. The SMILES string of the molecule is CCCC(=O)OCCN(CCCCC(P(=O)(O)O)P(=O)(O)O)CC(=O)O[C@@H]1[C@@H](C)[C@@H](O)[C@@H](C)[C@H](OC(C)=O)[C@H](C)[C@@H](OC)/C=C/O[C@@]2(C)Oc3c(C)c(O)c4c(c3C2=O)C2=NC3(CCN(CC(C)C)CC3)N(C(=O)OC)C2=C(NC(=O)/C(C)=C\C=C\[C@@H]1C)C4=O. The second-order valence-corrected chi connectivity index (χ2v) is 28.5. The molecular weight excluding hydrogens is 1220 g/mol. The summed E-state index contributed by atoms with van der Waals surface area (Å²) in [6.07, 6.45) is 1.95. The van der Waals surface area contributed by atoms with Crippen molar-refractivity contribution in [3.63, 3.8) is 0 Å². The Morgan fingerprint density at radius 2 is 1.53 bits per heavy atom. The second-order valence-electron chi connectivity index (χ2n) is 24.5. The van der Waals surface area contributed by atoms with Crippen molar-refractivity contribution in [2.75, 3.05) is 60.1 Å². The van der Waals surface area contributed by atoms with Crippen molar-refractivity contribution in [1.29, 1.82) is 0 Å². The van der Waals surface area contributed by atoms with Crippen LogP contribution in [0.5, 0.6) is 11.5 Å². The number of Topliss-reactive ketones (excluding diaryl/α,β-unsaturated/α-hetero) is 2. The van der Waals surface area contributed by atoms with Crippen molar-refractivity contribution in [3.05, 3.63) is 69.8 Å². The summed E-state index contributed by atoms with van der Waals surface area (Å²) in [6, 6.07) is 0. The number of piperidine rings is 1. The van der Waals surface area contributed by atoms with Gasteiger partial charge in [0.15, 0.2) is 5.40 Å². The largest absolute Gasteiger partial charge is 0.507 e. The molecule has 1 aromatic carbocycles. The van der Waals surface area contributed by atoms with Crippen LogP contribution < -0.4 is 10.1 Å². The molecule has 0 aromatic heterocycles. The summed E-state index contributed by atoms with van der Waals surface area (Å²) in [7, 11) is -7.90. The Hall–Kier alpha value is -6.12. The van der Waals surface area contributed by atoms with E-state index in [1.54, 1.807) is 40.7 Å². The molecule has 1 fully saturated rings. The molecular formula is C61H89N5O22P2. The highest BCUT2D eigenvalue weighted by molar-refractivity contribution is 7.70. The summed E-state index contributed by atoms with van der Waals surface area (Å²) in [6.45, 7) is 18.9. The lowest BCUT2D eigenvalue weighted by molar-refractivity contribution is -0.166. The Morgan fingerprint density at radius 1 is 0.889 bits per heavy atom. The van der Waals surface area contributed by atoms with E-state index in [-0.39, 0.29) is 91.2 Å². The molecule has 1 aliphatic carbocycles. The van der Waals surface area contributed by atoms with Crippen LogP contribution in [0, 0.1) is 36.5 Å². The number of ketones is 2. The number of unbranched alkanes of at least 4 members (excludes halogenated alkanes) is 1. The number of amides is 2. The molecule has 1 saturated heterocycles. The van der Waals surface area contributed by atoms with E-state index < -0.39 is 152 Å². The molecule has 7 N–H and O–H groups in total. The minimum atomic E-state index is -5.22. The first-order valence-electron chi connectivity index (χ1n) is 30.3. The van der Waals surface area contributed by atoms with Crippen LogP contribution in [0.3, 0.4) is 0 Å². The van der Waals surface area contributed by atoms with Gasteiger partial charge in [-0.05, 0) is 51.6 Å². The number of nitrogens with zero attached hydrogens (tertiary/aromatic N) is 4. The average Bonchev–Trinajstić information content (AvgIpc) is 1.51. The number of carbonyl (C=O) groups is 7. The van der Waals surface area contributed by atoms with Crippen molar-refractivity contribution >= 4 is 62.4 Å². The van der Waals surface area contributed by atoms with Gasteiger partial charge in [0.25, 0.3) is 11.7 Å². The Kier molecular flexibility index (Phi) is 24.4. The number of rotatable bonds is 19. The number of hydrogen-bond acceptors (Lipinski definition) is 21. The number of phenols is 1. The summed E-state index contributed by atoms with van der Waals surface area (Å²) in [4.78, 5) is 148. The number of aliphatic hydroxyl groups excluding tert-OH is 1. The van der Waals surface area contributed by atoms with Crippen LogP contribution in [0.15, 0.2) is 52.5 Å². The number of phenolic OH excluding ortho intramolecular Hbond substituents is 1. The first kappa shape index (κ1) is 72.9. The zero-order chi connectivity index (χ0) is 67.1. The Bertz CT molecular complexity index is 3140. The van der Waals surface area contributed by atoms with E-state index in [0.717, 1.165) is 19.9 Å². The third-order valence-electron chi connectivity index (χ3n) is 17.2. The Morgan fingerprint density at radius 3 is 2.12 bits per heavy atom. The molecule has 7 rings (SSSR count). The number of aliphatic hydroxyl groups is 1. The monoisotopic (exact) mass is 1310 g/mol. The van der Waals surface area contributed by atoms with Gasteiger partial charge in [-0.15, -0.1) is 0 Å². The fourth-order valence-electron chi connectivity index (χ4n) is 12.4. The molecule has 1 aromatic rings. The van der Waals surface area contributed by atoms with Crippen molar-refractivity contribution in [2.45, 2.75) is 162 Å². The topological polar surface area (TPSA) is 374 Å². The lowest BCUT2D eigenvalue weighted by atomic mass is 9.78. The summed E-state index contributed by atoms with van der Waals surface area (Å²) in [5, 5.41) is 25.0. The highest BCUT2D eigenvalue weighted by atomic mass is 31.2. The van der Waals surface area contributed by atoms with E-state index in [2.05, 4.69) is 24.1 Å². The van der Waals surface area contributed by atoms with E-state index in [1.807, 2.05) is 0 Å². The molecule has 9 atom stereocenters. The lowest BCUT2D eigenvalue weighted by Crippen LogP contribution is -2.54. The normalized spacial score (nSPS) is 27.2. The van der Waals surface area contributed by atoms with E-state index >= 15 is 9.59 Å². The molecule has 500 valence electrons. The van der Waals surface area contributed by atoms with E-state index in [1.165, 1.54) is 62.8 Å². The van der Waals surface area contributed by atoms with Crippen molar-refractivity contribution in [1.82, 2.24) is 20.0 Å². The molecule has 29 heteroatoms. The number of carbonyl (C=O) groups excluding carboxylic acids is 7. The van der Waals surface area contributed by atoms with E-state index in [9.17, 15) is 62.9 Å². The standard InChI is InChI=1S/C61H89N5O22P2/c1-14-18-42(68)84-30-28-64(25-16-15-21-44(89(76,77)78)90(79,80)81)32-43(69)87-54-34(4)19-17-20-35(5)58(74)62-49-50-48(63-61(66(50)59(75)83-13)23-26-65(27-24-61)31-33(2)3)45-46(53(49)72)52(71)39(9)56-47(45)57(73)60(11,88-56)85-29-22-41(82-12)36(6)55(86-40(10)67)38(8)51(70)37(54)7/h17,19-20,22,29,33-34,36-38,41,44,51,54-55,70-71H,14-16,18,21,23-28,30-32H2,1-13H3,(H,62,74)(H2,76,77,78)(H2,79,80,81)/b19-17+,29-22+,35-20-/t34-,36+,37-,38+,41-,51+,54-,55+,60-/m0/s1. The van der Waals surface area contributed by atoms with Gasteiger partial charge in [0.05, 0.1) is 49.0 Å². The zero-order valence-corrected chi connectivity index (χ0v) is 55.2. The van der Waals surface area contributed by atoms with Gasteiger partial charge in [-0.3, -0.25) is 47.8 Å². The smallest absolute Gasteiger partial charge is 0.416 e. The molecule has 0 unspecified atom stereocenters. The first-order valence-corrected chi connectivity index (χ1v) is 33.6. The molecule has 0 saturated carbocycles. The molecule has 5 bridgehead atoms. The fraction of sp³-hybridized carbons (Fsp3) is 0.639. The van der Waals surface area contributed by atoms with Crippen LogP contribution in [-0.2, 0) is 56.7 Å². The maximum absolute atomic E-state index is 15.4. The maximum Gasteiger partial charge on any atom is 0.416 e. The maximum atomic E-state index is 15.4. The molecule has 5 heterocycles. The molecule has 5 aliphatic heterocycles. The fourth-order valence-corrected chi connectivity index (χ4v) is 15.0. The third-order valence-corrected chi connectivity index (χ3v) is 21.1. The molecule has 90 heavy (non-hydrogen) atoms. The number of aromatic hydroxyl groups is 1. The van der Waals surface area contributed by atoms with Gasteiger partial charge < -0.3 is 73.2 Å².